The smallest absolute Gasteiger partial charge is 0.268 e. The number of primary amides is 1. The first-order chi connectivity index (χ1) is 14.3. The Bertz CT molecular complexity index is 933. The molecule has 0 aromatic carbocycles. The molecule has 2 amide bonds. The molecule has 0 unspecified atom stereocenters. The average molecular weight is 415 g/mol. The molecular formula is C18H25N9O3. The van der Waals surface area contributed by atoms with Crippen LogP contribution in [0.4, 0.5) is 5.82 Å². The van der Waals surface area contributed by atoms with E-state index in [0.717, 1.165) is 12.8 Å². The van der Waals surface area contributed by atoms with Gasteiger partial charge in [-0.2, -0.15) is 4.99 Å². The number of nitrogens with two attached hydrogens (primary N) is 3. The first-order valence-corrected chi connectivity index (χ1v) is 8.95. The SMILES string of the molecule is CNN/C=C(\N)c1ccnc(N/C(=C/C(N)=NC(=O)C2CC2)C(=N)C(N)=O)c1OC. The Hall–Kier alpha value is -3.93. The highest BCUT2D eigenvalue weighted by atomic mass is 16.5. The van der Waals surface area contributed by atoms with Crippen LogP contribution in [0, 0.1) is 11.3 Å². The predicted molar refractivity (Wildman–Crippen MR) is 113 cm³/mol. The number of aliphatic imine (C=N–C) groups is 1. The Morgan fingerprint density at radius 3 is 2.60 bits per heavy atom. The molecule has 0 atom stereocenters. The van der Waals surface area contributed by atoms with Gasteiger partial charge in [0.25, 0.3) is 11.8 Å². The van der Waals surface area contributed by atoms with Crippen molar-refractivity contribution >= 4 is 34.9 Å². The number of aromatic nitrogens is 1. The average Bonchev–Trinajstić information content (AvgIpc) is 3.56. The minimum absolute atomic E-state index is 0.105. The largest absolute Gasteiger partial charge is 0.492 e. The first kappa shape index (κ1) is 22.4. The van der Waals surface area contributed by atoms with Crippen LogP contribution in [0.1, 0.15) is 18.4 Å². The summed E-state index contributed by atoms with van der Waals surface area (Å²) in [4.78, 5) is 31.4. The second kappa shape index (κ2) is 10.0. The summed E-state index contributed by atoms with van der Waals surface area (Å²) < 4.78 is 5.40. The molecule has 2 rings (SSSR count). The molecule has 0 radical (unpaired) electrons. The molecule has 160 valence electrons. The standard InChI is InChI=1S/C18H25N9O3/c1-23-25-8-11(19)10-5-6-24-17(15(10)30-2)26-12(14(21)16(22)28)7-13(20)27-18(29)9-3-4-9/h5-9,21,23,25H,3-4,19H2,1-2H3,(H2,22,28)(H,24,26)(H2,20,27,29)/b11-8-,12-7+,21-14?. The summed E-state index contributed by atoms with van der Waals surface area (Å²) in [5.74, 6) is -1.26. The second-order valence-corrected chi connectivity index (χ2v) is 6.31. The Morgan fingerprint density at radius 1 is 1.33 bits per heavy atom. The summed E-state index contributed by atoms with van der Waals surface area (Å²) in [7, 11) is 3.09. The van der Waals surface area contributed by atoms with Gasteiger partial charge in [0.15, 0.2) is 11.6 Å². The summed E-state index contributed by atoms with van der Waals surface area (Å²) in [6.45, 7) is 0. The van der Waals surface area contributed by atoms with Gasteiger partial charge >= 0.3 is 0 Å². The number of carbonyl (C=O) groups is 2. The van der Waals surface area contributed by atoms with E-state index in [1.54, 1.807) is 13.1 Å². The lowest BCUT2D eigenvalue weighted by molar-refractivity contribution is -0.119. The van der Waals surface area contributed by atoms with Crippen molar-refractivity contribution in [1.29, 1.82) is 5.41 Å². The van der Waals surface area contributed by atoms with Crippen LogP contribution in [0.3, 0.4) is 0 Å². The van der Waals surface area contributed by atoms with Crippen molar-refractivity contribution in [1.82, 2.24) is 15.8 Å². The molecule has 1 saturated carbocycles. The normalized spacial score (nSPS) is 14.8. The van der Waals surface area contributed by atoms with Gasteiger partial charge in [0.05, 0.1) is 18.5 Å². The van der Waals surface area contributed by atoms with Crippen molar-refractivity contribution in [3.05, 3.63) is 35.8 Å². The topological polar surface area (TPSA) is 207 Å². The number of pyridine rings is 1. The maximum absolute atomic E-state index is 11.8. The molecule has 1 aliphatic rings. The molecule has 1 aliphatic carbocycles. The highest BCUT2D eigenvalue weighted by molar-refractivity contribution is 6.44. The Labute approximate surface area is 173 Å². The van der Waals surface area contributed by atoms with Gasteiger partial charge in [-0.3, -0.25) is 15.0 Å². The van der Waals surface area contributed by atoms with E-state index < -0.39 is 11.6 Å². The van der Waals surface area contributed by atoms with Crippen molar-refractivity contribution in [2.24, 2.45) is 28.1 Å². The third kappa shape index (κ3) is 5.78. The van der Waals surface area contributed by atoms with E-state index in [4.69, 9.17) is 27.3 Å². The molecule has 1 aromatic rings. The van der Waals surface area contributed by atoms with Crippen molar-refractivity contribution in [2.75, 3.05) is 19.5 Å². The lowest BCUT2D eigenvalue weighted by Gasteiger charge is -2.16. The monoisotopic (exact) mass is 415 g/mol. The lowest BCUT2D eigenvalue weighted by Crippen LogP contribution is -2.29. The van der Waals surface area contributed by atoms with Crippen molar-refractivity contribution < 1.29 is 14.3 Å². The summed E-state index contributed by atoms with van der Waals surface area (Å²) in [6, 6.07) is 1.63. The lowest BCUT2D eigenvalue weighted by atomic mass is 10.1. The molecule has 0 spiro atoms. The van der Waals surface area contributed by atoms with E-state index in [-0.39, 0.29) is 34.9 Å². The van der Waals surface area contributed by atoms with E-state index >= 15 is 0 Å². The Balaban J connectivity index is 2.42. The van der Waals surface area contributed by atoms with E-state index in [2.05, 4.69) is 26.1 Å². The molecule has 12 heteroatoms. The Morgan fingerprint density at radius 2 is 2.03 bits per heavy atom. The molecule has 1 heterocycles. The number of anilines is 1. The van der Waals surface area contributed by atoms with Crippen LogP contribution >= 0.6 is 0 Å². The summed E-state index contributed by atoms with van der Waals surface area (Å²) >= 11 is 0. The number of methoxy groups -OCH3 is 1. The number of nitrogens with one attached hydrogen (secondary N) is 4. The molecular weight excluding hydrogens is 390 g/mol. The van der Waals surface area contributed by atoms with E-state index in [1.165, 1.54) is 25.6 Å². The number of amides is 2. The predicted octanol–water partition coefficient (Wildman–Crippen LogP) is -0.834. The van der Waals surface area contributed by atoms with Crippen molar-refractivity contribution in [2.45, 2.75) is 12.8 Å². The zero-order valence-corrected chi connectivity index (χ0v) is 16.7. The molecule has 0 bridgehead atoms. The number of hydrogen-bond donors (Lipinski definition) is 7. The van der Waals surface area contributed by atoms with Gasteiger partial charge in [-0.05, 0) is 18.9 Å². The third-order valence-electron chi connectivity index (χ3n) is 4.02. The van der Waals surface area contributed by atoms with Crippen LogP contribution < -0.4 is 38.1 Å². The van der Waals surface area contributed by atoms with E-state index in [0.29, 0.717) is 11.3 Å². The van der Waals surface area contributed by atoms with E-state index in [1.807, 2.05) is 0 Å². The van der Waals surface area contributed by atoms with Crippen LogP contribution in [-0.2, 0) is 9.59 Å². The fourth-order valence-electron chi connectivity index (χ4n) is 2.36. The van der Waals surface area contributed by atoms with Gasteiger partial charge in [-0.25, -0.2) is 10.4 Å². The second-order valence-electron chi connectivity index (χ2n) is 6.31. The molecule has 0 aliphatic heterocycles. The maximum Gasteiger partial charge on any atom is 0.268 e. The maximum atomic E-state index is 11.8. The van der Waals surface area contributed by atoms with Crippen molar-refractivity contribution in [3.8, 4) is 5.75 Å². The molecule has 0 saturated heterocycles. The molecule has 12 nitrogen and oxygen atoms in total. The zero-order valence-electron chi connectivity index (χ0n) is 16.7. The fourth-order valence-corrected chi connectivity index (χ4v) is 2.36. The highest BCUT2D eigenvalue weighted by Gasteiger charge is 2.29. The van der Waals surface area contributed by atoms with Gasteiger partial charge in [-0.15, -0.1) is 0 Å². The number of rotatable bonds is 10. The number of hydrazine groups is 1. The summed E-state index contributed by atoms with van der Waals surface area (Å²) in [6.07, 6.45) is 5.68. The quantitative estimate of drug-likeness (QED) is 0.144. The van der Waals surface area contributed by atoms with Gasteiger partial charge in [0.2, 0.25) is 0 Å². The van der Waals surface area contributed by atoms with Gasteiger partial charge in [0, 0.05) is 37.0 Å². The molecule has 30 heavy (non-hydrogen) atoms. The van der Waals surface area contributed by atoms with Crippen LogP contribution in [0.5, 0.6) is 5.75 Å². The summed E-state index contributed by atoms with van der Waals surface area (Å²) in [5, 5.41) is 10.7. The van der Waals surface area contributed by atoms with Crippen LogP contribution in [-0.4, -0.2) is 42.5 Å². The zero-order chi connectivity index (χ0) is 22.3. The molecule has 1 aromatic heterocycles. The van der Waals surface area contributed by atoms with Gasteiger partial charge in [0.1, 0.15) is 11.5 Å². The number of ether oxygens (including phenoxy) is 1. The van der Waals surface area contributed by atoms with Crippen molar-refractivity contribution in [3.63, 3.8) is 0 Å². The van der Waals surface area contributed by atoms with E-state index in [9.17, 15) is 9.59 Å². The molecule has 1 fully saturated rings. The number of carbonyl (C=O) groups excluding carboxylic acids is 2. The first-order valence-electron chi connectivity index (χ1n) is 8.95. The van der Waals surface area contributed by atoms with Crippen LogP contribution in [0.15, 0.2) is 35.2 Å². The highest BCUT2D eigenvalue weighted by Crippen LogP contribution is 2.31. The minimum atomic E-state index is -1.01. The fraction of sp³-hybridized carbons (Fsp3) is 0.278. The van der Waals surface area contributed by atoms with Crippen LogP contribution in [0.2, 0.25) is 0 Å². The summed E-state index contributed by atoms with van der Waals surface area (Å²) in [5.41, 5.74) is 22.7. The molecule has 10 N–H and O–H groups in total. The van der Waals surface area contributed by atoms with Crippen LogP contribution in [0.25, 0.3) is 5.70 Å². The third-order valence-corrected chi connectivity index (χ3v) is 4.02. The van der Waals surface area contributed by atoms with Gasteiger partial charge < -0.3 is 32.7 Å². The minimum Gasteiger partial charge on any atom is -0.492 e. The number of nitrogens with zero attached hydrogens (tertiary/aromatic N) is 2. The Kier molecular flexibility index (Phi) is 7.47. The number of amidine groups is 1. The van der Waals surface area contributed by atoms with Gasteiger partial charge in [-0.1, -0.05) is 0 Å². The number of hydrogen-bond acceptors (Lipinski definition) is 9.